The number of nitriles is 1. The third kappa shape index (κ3) is 3.00. The maximum Gasteiger partial charge on any atom is 0.126 e. The SMILES string of the molecule is CC(C)(C)[S@](=O)N[C@H](C#N)[C@@H]1c2ccc(F)cc2OCC12CC2. The molecule has 23 heavy (non-hydrogen) atoms. The van der Waals surface area contributed by atoms with Crippen molar-refractivity contribution in [2.45, 2.75) is 50.3 Å². The summed E-state index contributed by atoms with van der Waals surface area (Å²) < 4.78 is 34.2. The molecule has 4 nitrogen and oxygen atoms in total. The lowest BCUT2D eigenvalue weighted by Gasteiger charge is -2.37. The van der Waals surface area contributed by atoms with Crippen LogP contribution in [0.3, 0.4) is 0 Å². The standard InChI is InChI=1S/C17H21FN2O2S/c1-16(2,3)23(21)20-13(9-19)15-12-5-4-11(18)8-14(12)22-10-17(15)6-7-17/h4-5,8,13,15,20H,6-7,10H2,1-3H3/t13-,15+,23+/m1/s1. The predicted octanol–water partition coefficient (Wildman–Crippen LogP) is 3.03. The molecule has 1 heterocycles. The minimum atomic E-state index is -1.34. The molecule has 1 saturated carbocycles. The average molecular weight is 336 g/mol. The van der Waals surface area contributed by atoms with Crippen LogP contribution in [0.15, 0.2) is 18.2 Å². The van der Waals surface area contributed by atoms with Crippen LogP contribution in [0.5, 0.6) is 5.75 Å². The molecule has 0 unspecified atom stereocenters. The van der Waals surface area contributed by atoms with E-state index in [0.29, 0.717) is 12.4 Å². The normalized spacial score (nSPS) is 24.2. The summed E-state index contributed by atoms with van der Waals surface area (Å²) in [6.07, 6.45) is 1.94. The number of nitrogens with one attached hydrogen (secondary N) is 1. The van der Waals surface area contributed by atoms with Crippen molar-refractivity contribution in [3.05, 3.63) is 29.6 Å². The molecular weight excluding hydrogens is 315 g/mol. The van der Waals surface area contributed by atoms with Crippen molar-refractivity contribution in [1.29, 1.82) is 5.26 Å². The number of rotatable bonds is 3. The molecule has 1 aromatic rings. The van der Waals surface area contributed by atoms with E-state index >= 15 is 0 Å². The molecule has 1 N–H and O–H groups in total. The molecule has 0 bridgehead atoms. The van der Waals surface area contributed by atoms with Gasteiger partial charge in [-0.2, -0.15) is 5.26 Å². The summed E-state index contributed by atoms with van der Waals surface area (Å²) in [5, 5.41) is 9.67. The Bertz CT molecular complexity index is 689. The van der Waals surface area contributed by atoms with Crippen molar-refractivity contribution in [1.82, 2.24) is 4.72 Å². The summed E-state index contributed by atoms with van der Waals surface area (Å²) in [4.78, 5) is 0. The third-order valence-electron chi connectivity index (χ3n) is 4.64. The zero-order valence-electron chi connectivity index (χ0n) is 13.6. The number of hydrogen-bond donors (Lipinski definition) is 1. The van der Waals surface area contributed by atoms with Crippen molar-refractivity contribution >= 4 is 11.0 Å². The van der Waals surface area contributed by atoms with Crippen molar-refractivity contribution in [2.24, 2.45) is 5.41 Å². The first-order chi connectivity index (χ1) is 10.8. The highest BCUT2D eigenvalue weighted by Gasteiger charge is 2.56. The largest absolute Gasteiger partial charge is 0.493 e. The van der Waals surface area contributed by atoms with Gasteiger partial charge in [-0.1, -0.05) is 6.07 Å². The Morgan fingerprint density at radius 1 is 1.48 bits per heavy atom. The van der Waals surface area contributed by atoms with Gasteiger partial charge >= 0.3 is 0 Å². The fourth-order valence-electron chi connectivity index (χ4n) is 3.14. The van der Waals surface area contributed by atoms with Crippen LogP contribution in [0, 0.1) is 22.6 Å². The molecule has 1 fully saturated rings. The highest BCUT2D eigenvalue weighted by molar-refractivity contribution is 7.84. The smallest absolute Gasteiger partial charge is 0.126 e. The van der Waals surface area contributed by atoms with Gasteiger partial charge in [-0.3, -0.25) is 0 Å². The summed E-state index contributed by atoms with van der Waals surface area (Å²) in [5.41, 5.74) is 0.737. The monoisotopic (exact) mass is 336 g/mol. The fourth-order valence-corrected chi connectivity index (χ4v) is 3.91. The van der Waals surface area contributed by atoms with E-state index in [0.717, 1.165) is 18.4 Å². The van der Waals surface area contributed by atoms with E-state index < -0.39 is 21.8 Å². The van der Waals surface area contributed by atoms with E-state index in [1.165, 1.54) is 12.1 Å². The predicted molar refractivity (Wildman–Crippen MR) is 86.7 cm³/mol. The molecule has 6 heteroatoms. The van der Waals surface area contributed by atoms with Crippen LogP contribution >= 0.6 is 0 Å². The van der Waals surface area contributed by atoms with Gasteiger partial charge in [0.1, 0.15) is 17.6 Å². The van der Waals surface area contributed by atoms with Crippen LogP contribution in [0.25, 0.3) is 0 Å². The summed E-state index contributed by atoms with van der Waals surface area (Å²) in [6, 6.07) is 6.14. The summed E-state index contributed by atoms with van der Waals surface area (Å²) in [7, 11) is -1.34. The van der Waals surface area contributed by atoms with Gasteiger partial charge in [-0.15, -0.1) is 0 Å². The molecule has 1 spiro atoms. The lowest BCUT2D eigenvalue weighted by Crippen LogP contribution is -2.46. The van der Waals surface area contributed by atoms with Gasteiger partial charge < -0.3 is 4.74 Å². The zero-order valence-corrected chi connectivity index (χ0v) is 14.4. The van der Waals surface area contributed by atoms with Crippen molar-refractivity contribution in [3.8, 4) is 11.8 Å². The molecule has 0 radical (unpaired) electrons. The maximum absolute atomic E-state index is 13.5. The van der Waals surface area contributed by atoms with Crippen molar-refractivity contribution in [2.75, 3.05) is 6.61 Å². The average Bonchev–Trinajstić information content (AvgIpc) is 3.25. The van der Waals surface area contributed by atoms with Crippen LogP contribution in [-0.4, -0.2) is 21.6 Å². The van der Waals surface area contributed by atoms with Crippen LogP contribution < -0.4 is 9.46 Å². The maximum atomic E-state index is 13.5. The molecule has 0 saturated heterocycles. The van der Waals surface area contributed by atoms with Crippen molar-refractivity contribution < 1.29 is 13.3 Å². The second-order valence-electron chi connectivity index (χ2n) is 7.42. The van der Waals surface area contributed by atoms with Gasteiger partial charge in [-0.25, -0.2) is 13.3 Å². The molecular formula is C17H21FN2O2S. The number of hydrogen-bond acceptors (Lipinski definition) is 3. The number of nitrogens with zero attached hydrogens (tertiary/aromatic N) is 1. The second-order valence-corrected chi connectivity index (χ2v) is 9.41. The molecule has 1 aromatic carbocycles. The first-order valence-electron chi connectivity index (χ1n) is 7.77. The number of benzene rings is 1. The third-order valence-corrected chi connectivity index (χ3v) is 6.22. The Balaban J connectivity index is 1.96. The van der Waals surface area contributed by atoms with E-state index in [-0.39, 0.29) is 17.2 Å². The van der Waals surface area contributed by atoms with E-state index in [2.05, 4.69) is 10.8 Å². The topological polar surface area (TPSA) is 62.1 Å². The molecule has 2 aliphatic rings. The first-order valence-corrected chi connectivity index (χ1v) is 8.92. The Kier molecular flexibility index (Phi) is 3.97. The van der Waals surface area contributed by atoms with E-state index in [4.69, 9.17) is 4.74 Å². The Morgan fingerprint density at radius 3 is 2.74 bits per heavy atom. The van der Waals surface area contributed by atoms with E-state index in [1.807, 2.05) is 20.8 Å². The number of fused-ring (bicyclic) bond motifs is 1. The molecule has 1 aliphatic heterocycles. The fraction of sp³-hybridized carbons (Fsp3) is 0.588. The van der Waals surface area contributed by atoms with Crippen LogP contribution in [0.4, 0.5) is 4.39 Å². The minimum Gasteiger partial charge on any atom is -0.493 e. The molecule has 3 atom stereocenters. The van der Waals surface area contributed by atoms with Crippen LogP contribution in [0.2, 0.25) is 0 Å². The Morgan fingerprint density at radius 2 is 2.17 bits per heavy atom. The van der Waals surface area contributed by atoms with Gasteiger partial charge in [0.2, 0.25) is 0 Å². The number of halogens is 1. The van der Waals surface area contributed by atoms with Gasteiger partial charge in [0, 0.05) is 23.0 Å². The molecule has 0 aromatic heterocycles. The Labute approximate surface area is 138 Å². The van der Waals surface area contributed by atoms with Gasteiger partial charge in [-0.05, 0) is 39.7 Å². The highest BCUT2D eigenvalue weighted by Crippen LogP contribution is 2.61. The first kappa shape index (κ1) is 16.4. The second kappa shape index (κ2) is 5.57. The quantitative estimate of drug-likeness (QED) is 0.923. The summed E-state index contributed by atoms with van der Waals surface area (Å²) in [6.45, 7) is 6.08. The highest BCUT2D eigenvalue weighted by atomic mass is 32.2. The summed E-state index contributed by atoms with van der Waals surface area (Å²) >= 11 is 0. The van der Waals surface area contributed by atoms with Crippen molar-refractivity contribution in [3.63, 3.8) is 0 Å². The molecule has 3 rings (SSSR count). The summed E-state index contributed by atoms with van der Waals surface area (Å²) in [5.74, 6) is 0.00764. The lowest BCUT2D eigenvalue weighted by molar-refractivity contribution is 0.166. The van der Waals surface area contributed by atoms with Gasteiger partial charge in [0.15, 0.2) is 0 Å². The van der Waals surface area contributed by atoms with E-state index in [9.17, 15) is 13.9 Å². The Hall–Kier alpha value is -1.45. The van der Waals surface area contributed by atoms with Gasteiger partial charge in [0.05, 0.1) is 28.4 Å². The van der Waals surface area contributed by atoms with Crippen LogP contribution in [-0.2, 0) is 11.0 Å². The molecule has 1 aliphatic carbocycles. The number of ether oxygens (including phenoxy) is 1. The molecule has 124 valence electrons. The lowest BCUT2D eigenvalue weighted by atomic mass is 9.77. The van der Waals surface area contributed by atoms with E-state index in [1.54, 1.807) is 6.07 Å². The minimum absolute atomic E-state index is 0.0969. The van der Waals surface area contributed by atoms with Gasteiger partial charge in [0.25, 0.3) is 0 Å². The van der Waals surface area contributed by atoms with Crippen LogP contribution in [0.1, 0.15) is 45.1 Å². The zero-order chi connectivity index (χ0) is 16.8. The molecule has 0 amide bonds.